The number of amides is 1. The highest BCUT2D eigenvalue weighted by molar-refractivity contribution is 7.15. The van der Waals surface area contributed by atoms with Gasteiger partial charge in [0.1, 0.15) is 0 Å². The van der Waals surface area contributed by atoms with Crippen molar-refractivity contribution in [2.45, 2.75) is 33.4 Å². The van der Waals surface area contributed by atoms with Crippen LogP contribution in [0.25, 0.3) is 0 Å². The van der Waals surface area contributed by atoms with Crippen molar-refractivity contribution in [2.75, 3.05) is 11.9 Å². The monoisotopic (exact) mass is 301 g/mol. The molecule has 21 heavy (non-hydrogen) atoms. The first-order valence-corrected chi connectivity index (χ1v) is 7.96. The normalized spacial score (nSPS) is 14.8. The summed E-state index contributed by atoms with van der Waals surface area (Å²) in [5.74, 6) is -0.0578. The standard InChI is InChI=1S/C16H19N3OS/c1-11-3-5-13(6-4-11)9-19-8-7-14-15(10-19)21-16(18-14)17-12(2)20/h3-6H,7-10H2,1-2H3,(H,17,18,20). The van der Waals surface area contributed by atoms with E-state index in [1.807, 2.05) is 0 Å². The van der Waals surface area contributed by atoms with Crippen molar-refractivity contribution in [1.82, 2.24) is 9.88 Å². The Hall–Kier alpha value is -1.72. The van der Waals surface area contributed by atoms with Crippen LogP contribution in [0.4, 0.5) is 5.13 Å². The highest BCUT2D eigenvalue weighted by Gasteiger charge is 2.21. The molecule has 1 N–H and O–H groups in total. The highest BCUT2D eigenvalue weighted by atomic mass is 32.1. The molecule has 5 heteroatoms. The number of nitrogens with zero attached hydrogens (tertiary/aromatic N) is 2. The molecule has 3 rings (SSSR count). The van der Waals surface area contributed by atoms with Gasteiger partial charge in [0.25, 0.3) is 0 Å². The van der Waals surface area contributed by atoms with Crippen molar-refractivity contribution in [3.8, 4) is 0 Å². The van der Waals surface area contributed by atoms with Gasteiger partial charge in [-0.15, -0.1) is 11.3 Å². The lowest BCUT2D eigenvalue weighted by Gasteiger charge is -2.25. The lowest BCUT2D eigenvalue weighted by molar-refractivity contribution is -0.114. The molecule has 0 saturated heterocycles. The number of anilines is 1. The zero-order valence-corrected chi connectivity index (χ0v) is 13.2. The third kappa shape index (κ3) is 3.49. The molecule has 2 heterocycles. The molecule has 1 aliphatic heterocycles. The molecule has 0 bridgehead atoms. The van der Waals surface area contributed by atoms with Crippen LogP contribution in [-0.4, -0.2) is 22.3 Å². The summed E-state index contributed by atoms with van der Waals surface area (Å²) < 4.78 is 0. The van der Waals surface area contributed by atoms with Gasteiger partial charge in [0.05, 0.1) is 5.69 Å². The van der Waals surface area contributed by atoms with Crippen molar-refractivity contribution in [3.05, 3.63) is 46.0 Å². The maximum Gasteiger partial charge on any atom is 0.223 e. The predicted molar refractivity (Wildman–Crippen MR) is 85.4 cm³/mol. The summed E-state index contributed by atoms with van der Waals surface area (Å²) in [5, 5.41) is 3.51. The molecule has 0 atom stereocenters. The van der Waals surface area contributed by atoms with Crippen LogP contribution < -0.4 is 5.32 Å². The summed E-state index contributed by atoms with van der Waals surface area (Å²) in [5.41, 5.74) is 3.78. The van der Waals surface area contributed by atoms with E-state index in [1.54, 1.807) is 11.3 Å². The summed E-state index contributed by atoms with van der Waals surface area (Å²) in [4.78, 5) is 19.3. The number of aromatic nitrogens is 1. The maximum atomic E-state index is 11.1. The van der Waals surface area contributed by atoms with E-state index in [0.29, 0.717) is 0 Å². The molecule has 0 fully saturated rings. The lowest BCUT2D eigenvalue weighted by Crippen LogP contribution is -2.29. The maximum absolute atomic E-state index is 11.1. The van der Waals surface area contributed by atoms with Gasteiger partial charge in [-0.05, 0) is 12.5 Å². The smallest absolute Gasteiger partial charge is 0.223 e. The van der Waals surface area contributed by atoms with Crippen molar-refractivity contribution in [3.63, 3.8) is 0 Å². The molecule has 1 aromatic carbocycles. The number of nitrogens with one attached hydrogen (secondary N) is 1. The van der Waals surface area contributed by atoms with Crippen molar-refractivity contribution in [1.29, 1.82) is 0 Å². The Morgan fingerprint density at radius 2 is 2.14 bits per heavy atom. The fraction of sp³-hybridized carbons (Fsp3) is 0.375. The van der Waals surface area contributed by atoms with E-state index in [2.05, 4.69) is 46.4 Å². The topological polar surface area (TPSA) is 45.2 Å². The van der Waals surface area contributed by atoms with Gasteiger partial charge in [-0.1, -0.05) is 29.8 Å². The zero-order chi connectivity index (χ0) is 14.8. The Morgan fingerprint density at radius 1 is 1.38 bits per heavy atom. The quantitative estimate of drug-likeness (QED) is 0.948. The number of carbonyl (C=O) groups is 1. The first-order chi connectivity index (χ1) is 10.1. The van der Waals surface area contributed by atoms with Crippen LogP contribution in [0.1, 0.15) is 28.6 Å². The van der Waals surface area contributed by atoms with Gasteiger partial charge in [-0.2, -0.15) is 0 Å². The fourth-order valence-electron chi connectivity index (χ4n) is 2.54. The lowest BCUT2D eigenvalue weighted by atomic mass is 10.1. The average Bonchev–Trinajstić information content (AvgIpc) is 2.82. The van der Waals surface area contributed by atoms with Gasteiger partial charge < -0.3 is 5.32 Å². The van der Waals surface area contributed by atoms with Crippen LogP contribution in [0.2, 0.25) is 0 Å². The van der Waals surface area contributed by atoms with Crippen LogP contribution >= 0.6 is 11.3 Å². The summed E-state index contributed by atoms with van der Waals surface area (Å²) >= 11 is 1.60. The molecule has 0 saturated carbocycles. The third-order valence-electron chi connectivity index (χ3n) is 3.62. The minimum Gasteiger partial charge on any atom is -0.302 e. The second kappa shape index (κ2) is 5.95. The first kappa shape index (κ1) is 14.2. The van der Waals surface area contributed by atoms with Crippen molar-refractivity contribution >= 4 is 22.4 Å². The average molecular weight is 301 g/mol. The van der Waals surface area contributed by atoms with Crippen LogP contribution in [-0.2, 0) is 24.3 Å². The molecule has 110 valence electrons. The molecule has 1 aromatic heterocycles. The molecule has 1 amide bonds. The molecular weight excluding hydrogens is 282 g/mol. The van der Waals surface area contributed by atoms with Gasteiger partial charge in [0, 0.05) is 37.9 Å². The van der Waals surface area contributed by atoms with E-state index in [1.165, 1.54) is 22.9 Å². The second-order valence-corrected chi connectivity index (χ2v) is 6.60. The number of carbonyl (C=O) groups excluding carboxylic acids is 1. The van der Waals surface area contributed by atoms with Gasteiger partial charge in [0.15, 0.2) is 5.13 Å². The number of hydrogen-bond donors (Lipinski definition) is 1. The highest BCUT2D eigenvalue weighted by Crippen LogP contribution is 2.28. The number of hydrogen-bond acceptors (Lipinski definition) is 4. The van der Waals surface area contributed by atoms with Gasteiger partial charge in [-0.25, -0.2) is 4.98 Å². The van der Waals surface area contributed by atoms with E-state index >= 15 is 0 Å². The molecule has 2 aromatic rings. The van der Waals surface area contributed by atoms with Crippen LogP contribution in [0.3, 0.4) is 0 Å². The number of aryl methyl sites for hydroxylation is 1. The predicted octanol–water partition coefficient (Wildman–Crippen LogP) is 2.97. The molecule has 1 aliphatic rings. The Labute approximate surface area is 128 Å². The summed E-state index contributed by atoms with van der Waals surface area (Å²) in [6, 6.07) is 8.71. The first-order valence-electron chi connectivity index (χ1n) is 7.14. The number of benzene rings is 1. The van der Waals surface area contributed by atoms with E-state index in [0.717, 1.165) is 36.9 Å². The van der Waals surface area contributed by atoms with E-state index < -0.39 is 0 Å². The van der Waals surface area contributed by atoms with Crippen molar-refractivity contribution in [2.24, 2.45) is 0 Å². The van der Waals surface area contributed by atoms with E-state index in [9.17, 15) is 4.79 Å². The van der Waals surface area contributed by atoms with Gasteiger partial charge >= 0.3 is 0 Å². The molecule has 0 radical (unpaired) electrons. The number of rotatable bonds is 3. The number of thiazole rings is 1. The summed E-state index contributed by atoms with van der Waals surface area (Å²) in [6.07, 6.45) is 0.956. The Morgan fingerprint density at radius 3 is 2.86 bits per heavy atom. The minimum atomic E-state index is -0.0578. The fourth-order valence-corrected chi connectivity index (χ4v) is 3.64. The molecule has 0 spiro atoms. The summed E-state index contributed by atoms with van der Waals surface area (Å²) in [6.45, 7) is 6.53. The molecular formula is C16H19N3OS. The molecule has 0 aliphatic carbocycles. The largest absolute Gasteiger partial charge is 0.302 e. The Kier molecular flexibility index (Phi) is 4.03. The zero-order valence-electron chi connectivity index (χ0n) is 12.3. The Bertz CT molecular complexity index is 648. The van der Waals surface area contributed by atoms with Crippen molar-refractivity contribution < 1.29 is 4.79 Å². The van der Waals surface area contributed by atoms with Crippen LogP contribution in [0, 0.1) is 6.92 Å². The van der Waals surface area contributed by atoms with E-state index in [4.69, 9.17) is 0 Å². The van der Waals surface area contributed by atoms with Crippen LogP contribution in [0.15, 0.2) is 24.3 Å². The summed E-state index contributed by atoms with van der Waals surface area (Å²) in [7, 11) is 0. The third-order valence-corrected chi connectivity index (χ3v) is 4.62. The minimum absolute atomic E-state index is 0.0578. The molecule has 0 unspecified atom stereocenters. The SMILES string of the molecule is CC(=O)Nc1nc2c(s1)CN(Cc1ccc(C)cc1)CC2. The van der Waals surface area contributed by atoms with Gasteiger partial charge in [0.2, 0.25) is 5.91 Å². The Balaban J connectivity index is 1.67. The number of fused-ring (bicyclic) bond motifs is 1. The second-order valence-electron chi connectivity index (χ2n) is 5.52. The van der Waals surface area contributed by atoms with Crippen LogP contribution in [0.5, 0.6) is 0 Å². The van der Waals surface area contributed by atoms with Gasteiger partial charge in [-0.3, -0.25) is 9.69 Å². The molecule has 4 nitrogen and oxygen atoms in total. The van der Waals surface area contributed by atoms with E-state index in [-0.39, 0.29) is 5.91 Å².